The first-order valence-corrected chi connectivity index (χ1v) is 8.76. The number of nitrogens with two attached hydrogens (primary N) is 1. The largest absolute Gasteiger partial charge is 0.375 e. The Morgan fingerprint density at radius 2 is 2.00 bits per heavy atom. The minimum Gasteiger partial charge on any atom is -0.375 e. The van der Waals surface area contributed by atoms with Crippen LogP contribution in [0.2, 0.25) is 0 Å². The lowest BCUT2D eigenvalue weighted by molar-refractivity contribution is -0.0978. The smallest absolute Gasteiger partial charge is 0.154 e. The van der Waals surface area contributed by atoms with E-state index >= 15 is 0 Å². The molecule has 1 spiro atoms. The van der Waals surface area contributed by atoms with Crippen molar-refractivity contribution in [2.45, 2.75) is 68.8 Å². The fourth-order valence-electron chi connectivity index (χ4n) is 3.34. The van der Waals surface area contributed by atoms with Gasteiger partial charge in [-0.3, -0.25) is 0 Å². The molecule has 2 aliphatic rings. The van der Waals surface area contributed by atoms with Crippen molar-refractivity contribution in [1.29, 1.82) is 0 Å². The molecule has 0 bridgehead atoms. The van der Waals surface area contributed by atoms with Crippen molar-refractivity contribution >= 4 is 9.84 Å². The second-order valence-electron chi connectivity index (χ2n) is 6.01. The van der Waals surface area contributed by atoms with Gasteiger partial charge in [-0.25, -0.2) is 8.42 Å². The van der Waals surface area contributed by atoms with E-state index in [4.69, 9.17) is 10.5 Å². The molecule has 0 aromatic rings. The summed E-state index contributed by atoms with van der Waals surface area (Å²) in [6.07, 6.45) is 6.95. The summed E-state index contributed by atoms with van der Waals surface area (Å²) in [6, 6.07) is -0.278. The molecule has 0 aromatic carbocycles. The lowest BCUT2D eigenvalue weighted by Gasteiger charge is -2.43. The van der Waals surface area contributed by atoms with Crippen molar-refractivity contribution < 1.29 is 13.2 Å². The molecule has 18 heavy (non-hydrogen) atoms. The van der Waals surface area contributed by atoms with Crippen LogP contribution < -0.4 is 5.73 Å². The van der Waals surface area contributed by atoms with Gasteiger partial charge in [0.1, 0.15) is 0 Å². The fourth-order valence-corrected chi connectivity index (χ4v) is 5.35. The van der Waals surface area contributed by atoms with E-state index in [1.54, 1.807) is 6.92 Å². The van der Waals surface area contributed by atoms with Crippen molar-refractivity contribution in [2.24, 2.45) is 5.73 Å². The Kier molecular flexibility index (Phi) is 4.34. The molecule has 5 heteroatoms. The Labute approximate surface area is 110 Å². The summed E-state index contributed by atoms with van der Waals surface area (Å²) < 4.78 is 30.5. The highest BCUT2D eigenvalue weighted by atomic mass is 32.2. The summed E-state index contributed by atoms with van der Waals surface area (Å²) >= 11 is 0. The van der Waals surface area contributed by atoms with Crippen molar-refractivity contribution in [3.8, 4) is 0 Å². The van der Waals surface area contributed by atoms with Crippen LogP contribution in [0.1, 0.15) is 51.9 Å². The highest BCUT2D eigenvalue weighted by Crippen LogP contribution is 2.40. The average Bonchev–Trinajstić information content (AvgIpc) is 2.28. The zero-order valence-electron chi connectivity index (χ0n) is 11.2. The predicted octanol–water partition coefficient (Wildman–Crippen LogP) is 1.63. The summed E-state index contributed by atoms with van der Waals surface area (Å²) in [6.45, 7) is 2.34. The average molecular weight is 275 g/mol. The maximum Gasteiger partial charge on any atom is 0.154 e. The van der Waals surface area contributed by atoms with Gasteiger partial charge in [0, 0.05) is 12.6 Å². The molecule has 2 atom stereocenters. The molecule has 1 saturated carbocycles. The quantitative estimate of drug-likeness (QED) is 0.850. The van der Waals surface area contributed by atoms with Gasteiger partial charge in [0.25, 0.3) is 0 Å². The summed E-state index contributed by atoms with van der Waals surface area (Å²) in [5.41, 5.74) is 5.50. The van der Waals surface area contributed by atoms with Gasteiger partial charge in [-0.05, 0) is 32.6 Å². The molecule has 0 aromatic heterocycles. The van der Waals surface area contributed by atoms with Crippen LogP contribution in [-0.4, -0.2) is 37.7 Å². The van der Waals surface area contributed by atoms with Crippen LogP contribution in [-0.2, 0) is 14.6 Å². The van der Waals surface area contributed by atoms with Gasteiger partial charge in [0.05, 0.1) is 16.6 Å². The van der Waals surface area contributed by atoms with Gasteiger partial charge in [-0.15, -0.1) is 0 Å². The molecule has 2 unspecified atom stereocenters. The van der Waals surface area contributed by atoms with E-state index in [1.807, 2.05) is 0 Å². The van der Waals surface area contributed by atoms with Crippen molar-refractivity contribution in [3.05, 3.63) is 0 Å². The SMILES string of the molecule is CC(N)CS(=O)(=O)C1CCOC2(CCCCC2)C1. The summed E-state index contributed by atoms with van der Waals surface area (Å²) in [4.78, 5) is 0. The molecular formula is C13H25NO3S. The molecule has 1 aliphatic carbocycles. The predicted molar refractivity (Wildman–Crippen MR) is 72.2 cm³/mol. The number of hydrogen-bond acceptors (Lipinski definition) is 4. The standard InChI is InChI=1S/C13H25NO3S/c1-11(14)10-18(15,16)12-5-8-17-13(9-12)6-3-2-4-7-13/h11-12H,2-10,14H2,1H3. The zero-order chi connectivity index (χ0) is 13.2. The number of hydrogen-bond donors (Lipinski definition) is 1. The maximum atomic E-state index is 12.3. The second-order valence-corrected chi connectivity index (χ2v) is 8.34. The third-order valence-electron chi connectivity index (χ3n) is 4.22. The second kappa shape index (κ2) is 5.47. The topological polar surface area (TPSA) is 69.4 Å². The van der Waals surface area contributed by atoms with Crippen molar-refractivity contribution in [3.63, 3.8) is 0 Å². The fraction of sp³-hybridized carbons (Fsp3) is 1.00. The highest BCUT2D eigenvalue weighted by Gasteiger charge is 2.42. The Morgan fingerprint density at radius 1 is 1.33 bits per heavy atom. The molecule has 2 rings (SSSR count). The van der Waals surface area contributed by atoms with Gasteiger partial charge < -0.3 is 10.5 Å². The van der Waals surface area contributed by atoms with Gasteiger partial charge >= 0.3 is 0 Å². The molecule has 106 valence electrons. The van der Waals surface area contributed by atoms with E-state index in [1.165, 1.54) is 19.3 Å². The number of rotatable bonds is 3. The van der Waals surface area contributed by atoms with E-state index in [0.717, 1.165) is 12.8 Å². The van der Waals surface area contributed by atoms with Crippen molar-refractivity contribution in [1.82, 2.24) is 0 Å². The van der Waals surface area contributed by atoms with E-state index < -0.39 is 9.84 Å². The number of ether oxygens (including phenoxy) is 1. The van der Waals surface area contributed by atoms with E-state index in [-0.39, 0.29) is 22.6 Å². The van der Waals surface area contributed by atoms with E-state index in [0.29, 0.717) is 19.4 Å². The Bertz CT molecular complexity index is 366. The van der Waals surface area contributed by atoms with Crippen LogP contribution in [0, 0.1) is 0 Å². The van der Waals surface area contributed by atoms with Crippen molar-refractivity contribution in [2.75, 3.05) is 12.4 Å². The molecule has 1 saturated heterocycles. The van der Waals surface area contributed by atoms with Crippen LogP contribution in [0.15, 0.2) is 0 Å². The Hall–Kier alpha value is -0.130. The van der Waals surface area contributed by atoms with Crippen LogP contribution >= 0.6 is 0 Å². The van der Waals surface area contributed by atoms with Crippen LogP contribution in [0.4, 0.5) is 0 Å². The molecule has 0 radical (unpaired) electrons. The first-order chi connectivity index (χ1) is 8.44. The van der Waals surface area contributed by atoms with Gasteiger partial charge in [-0.2, -0.15) is 0 Å². The molecule has 4 nitrogen and oxygen atoms in total. The highest BCUT2D eigenvalue weighted by molar-refractivity contribution is 7.92. The minimum absolute atomic E-state index is 0.105. The first kappa shape index (κ1) is 14.3. The van der Waals surface area contributed by atoms with Crippen LogP contribution in [0.3, 0.4) is 0 Å². The maximum absolute atomic E-state index is 12.3. The van der Waals surface area contributed by atoms with Gasteiger partial charge in [0.15, 0.2) is 9.84 Å². The third kappa shape index (κ3) is 3.25. The molecule has 2 N–H and O–H groups in total. The van der Waals surface area contributed by atoms with E-state index in [2.05, 4.69) is 0 Å². The van der Waals surface area contributed by atoms with Crippen LogP contribution in [0.5, 0.6) is 0 Å². The summed E-state index contributed by atoms with van der Waals surface area (Å²) in [5, 5.41) is -0.240. The van der Waals surface area contributed by atoms with Gasteiger partial charge in [-0.1, -0.05) is 19.3 Å². The Balaban J connectivity index is 2.06. The zero-order valence-corrected chi connectivity index (χ0v) is 12.0. The molecule has 1 aliphatic heterocycles. The van der Waals surface area contributed by atoms with Crippen LogP contribution in [0.25, 0.3) is 0 Å². The van der Waals surface area contributed by atoms with Gasteiger partial charge in [0.2, 0.25) is 0 Å². The minimum atomic E-state index is -3.06. The lowest BCUT2D eigenvalue weighted by Crippen LogP contribution is -2.47. The molecule has 1 heterocycles. The lowest BCUT2D eigenvalue weighted by atomic mass is 9.80. The summed E-state index contributed by atoms with van der Waals surface area (Å²) in [5.74, 6) is 0.105. The normalized spacial score (nSPS) is 30.2. The summed E-state index contributed by atoms with van der Waals surface area (Å²) in [7, 11) is -3.06. The molecule has 0 amide bonds. The monoisotopic (exact) mass is 275 g/mol. The molecular weight excluding hydrogens is 250 g/mol. The third-order valence-corrected chi connectivity index (χ3v) is 6.62. The molecule has 2 fully saturated rings. The first-order valence-electron chi connectivity index (χ1n) is 7.05. The van der Waals surface area contributed by atoms with E-state index in [9.17, 15) is 8.42 Å². The Morgan fingerprint density at radius 3 is 2.61 bits per heavy atom. The number of sulfone groups is 1.